The van der Waals surface area contributed by atoms with E-state index in [9.17, 15) is 8.42 Å². The van der Waals surface area contributed by atoms with Crippen molar-refractivity contribution in [2.75, 3.05) is 25.5 Å². The molecule has 0 aromatic rings. The molecule has 1 N–H and O–H groups in total. The van der Waals surface area contributed by atoms with Crippen molar-refractivity contribution in [2.45, 2.75) is 45.4 Å². The monoisotopic (exact) mass is 296 g/mol. The molecular weight excluding hydrogens is 272 g/mol. The van der Waals surface area contributed by atoms with Gasteiger partial charge < -0.3 is 0 Å². The van der Waals surface area contributed by atoms with Crippen LogP contribution in [0.3, 0.4) is 0 Å². The first-order valence-corrected chi connectivity index (χ1v) is 8.88. The van der Waals surface area contributed by atoms with Gasteiger partial charge in [-0.25, -0.2) is 4.72 Å². The average Bonchev–Trinajstić information content (AvgIpc) is 2.63. The van der Waals surface area contributed by atoms with E-state index in [-0.39, 0.29) is 0 Å². The SMILES string of the molecule is CCC(CCCl)CNS(=O)(=O)N1CCCCCC1. The summed E-state index contributed by atoms with van der Waals surface area (Å²) in [6.07, 6.45) is 6.03. The Hall–Kier alpha value is 0.160. The van der Waals surface area contributed by atoms with Gasteiger partial charge in [0.15, 0.2) is 0 Å². The van der Waals surface area contributed by atoms with E-state index in [1.807, 2.05) is 0 Å². The lowest BCUT2D eigenvalue weighted by Crippen LogP contribution is -2.43. The second-order valence-electron chi connectivity index (χ2n) is 4.92. The van der Waals surface area contributed by atoms with Crippen molar-refractivity contribution in [3.8, 4) is 0 Å². The van der Waals surface area contributed by atoms with Crippen LogP contribution in [0.5, 0.6) is 0 Å². The van der Waals surface area contributed by atoms with Crippen LogP contribution in [0.1, 0.15) is 45.4 Å². The summed E-state index contributed by atoms with van der Waals surface area (Å²) in [4.78, 5) is 0. The molecule has 0 bridgehead atoms. The van der Waals surface area contributed by atoms with Crippen LogP contribution in [0, 0.1) is 5.92 Å². The number of halogens is 1. The Morgan fingerprint density at radius 3 is 2.33 bits per heavy atom. The second kappa shape index (κ2) is 8.35. The number of nitrogens with one attached hydrogen (secondary N) is 1. The van der Waals surface area contributed by atoms with Gasteiger partial charge in [-0.05, 0) is 25.2 Å². The zero-order valence-electron chi connectivity index (χ0n) is 11.2. The largest absolute Gasteiger partial charge is 0.279 e. The summed E-state index contributed by atoms with van der Waals surface area (Å²) in [7, 11) is -3.29. The molecule has 0 aromatic heterocycles. The third-order valence-corrected chi connectivity index (χ3v) is 5.35. The van der Waals surface area contributed by atoms with Gasteiger partial charge in [0, 0.05) is 25.5 Å². The molecular formula is C12H25ClN2O2S. The highest BCUT2D eigenvalue weighted by atomic mass is 35.5. The molecule has 108 valence electrons. The first kappa shape index (κ1) is 16.2. The molecule has 1 aliphatic heterocycles. The van der Waals surface area contributed by atoms with E-state index >= 15 is 0 Å². The fourth-order valence-electron chi connectivity index (χ4n) is 2.20. The minimum absolute atomic E-state index is 0.337. The summed E-state index contributed by atoms with van der Waals surface area (Å²) in [6, 6.07) is 0. The van der Waals surface area contributed by atoms with Crippen LogP contribution in [-0.4, -0.2) is 38.2 Å². The van der Waals surface area contributed by atoms with Crippen LogP contribution in [0.2, 0.25) is 0 Å². The van der Waals surface area contributed by atoms with Gasteiger partial charge >= 0.3 is 0 Å². The first-order chi connectivity index (χ1) is 8.60. The highest BCUT2D eigenvalue weighted by Gasteiger charge is 2.23. The van der Waals surface area contributed by atoms with E-state index in [4.69, 9.17) is 11.6 Å². The van der Waals surface area contributed by atoms with E-state index in [1.54, 1.807) is 4.31 Å². The number of alkyl halides is 1. The van der Waals surface area contributed by atoms with Crippen LogP contribution in [0.15, 0.2) is 0 Å². The maximum atomic E-state index is 12.1. The molecule has 0 radical (unpaired) electrons. The van der Waals surface area contributed by atoms with Crippen molar-refractivity contribution in [3.63, 3.8) is 0 Å². The summed E-state index contributed by atoms with van der Waals surface area (Å²) in [5.74, 6) is 0.925. The van der Waals surface area contributed by atoms with Crippen LogP contribution in [0.25, 0.3) is 0 Å². The van der Waals surface area contributed by atoms with Gasteiger partial charge in [-0.15, -0.1) is 11.6 Å². The molecule has 1 saturated heterocycles. The predicted molar refractivity (Wildman–Crippen MR) is 76.1 cm³/mol. The lowest BCUT2D eigenvalue weighted by molar-refractivity contribution is 0.404. The minimum Gasteiger partial charge on any atom is -0.202 e. The van der Waals surface area contributed by atoms with Gasteiger partial charge in [0.25, 0.3) is 10.2 Å². The van der Waals surface area contributed by atoms with Crippen LogP contribution in [0.4, 0.5) is 0 Å². The molecule has 0 aliphatic carbocycles. The van der Waals surface area contributed by atoms with Crippen molar-refractivity contribution in [3.05, 3.63) is 0 Å². The van der Waals surface area contributed by atoms with Crippen molar-refractivity contribution in [2.24, 2.45) is 5.92 Å². The van der Waals surface area contributed by atoms with Crippen molar-refractivity contribution in [1.29, 1.82) is 0 Å². The molecule has 1 aliphatic rings. The Balaban J connectivity index is 2.47. The van der Waals surface area contributed by atoms with Crippen LogP contribution in [-0.2, 0) is 10.2 Å². The average molecular weight is 297 g/mol. The lowest BCUT2D eigenvalue weighted by atomic mass is 10.0. The number of hydrogen-bond acceptors (Lipinski definition) is 2. The van der Waals surface area contributed by atoms with E-state index in [0.717, 1.165) is 38.5 Å². The summed E-state index contributed by atoms with van der Waals surface area (Å²) >= 11 is 5.71. The quantitative estimate of drug-likeness (QED) is 0.733. The Bertz CT molecular complexity index is 314. The number of nitrogens with zero attached hydrogens (tertiary/aromatic N) is 1. The van der Waals surface area contributed by atoms with E-state index in [2.05, 4.69) is 11.6 Å². The van der Waals surface area contributed by atoms with E-state index in [0.29, 0.717) is 31.4 Å². The Kier molecular flexibility index (Phi) is 7.53. The van der Waals surface area contributed by atoms with Crippen molar-refractivity contribution in [1.82, 2.24) is 9.03 Å². The van der Waals surface area contributed by atoms with Gasteiger partial charge in [-0.1, -0.05) is 26.2 Å². The number of hydrogen-bond donors (Lipinski definition) is 1. The highest BCUT2D eigenvalue weighted by Crippen LogP contribution is 2.13. The van der Waals surface area contributed by atoms with E-state index in [1.165, 1.54) is 0 Å². The lowest BCUT2D eigenvalue weighted by Gasteiger charge is -2.22. The summed E-state index contributed by atoms with van der Waals surface area (Å²) < 4.78 is 28.6. The summed E-state index contributed by atoms with van der Waals surface area (Å²) in [5, 5.41) is 0. The number of rotatable bonds is 7. The summed E-state index contributed by atoms with van der Waals surface area (Å²) in [5.41, 5.74) is 0. The maximum absolute atomic E-state index is 12.1. The zero-order valence-corrected chi connectivity index (χ0v) is 12.8. The molecule has 0 amide bonds. The maximum Gasteiger partial charge on any atom is 0.279 e. The Morgan fingerprint density at radius 1 is 1.22 bits per heavy atom. The smallest absolute Gasteiger partial charge is 0.202 e. The molecule has 1 rings (SSSR count). The molecule has 1 unspecified atom stereocenters. The molecule has 6 heteroatoms. The fraction of sp³-hybridized carbons (Fsp3) is 1.00. The van der Waals surface area contributed by atoms with Crippen molar-refractivity contribution >= 4 is 21.8 Å². The van der Waals surface area contributed by atoms with Crippen LogP contribution < -0.4 is 4.72 Å². The third kappa shape index (κ3) is 5.43. The minimum atomic E-state index is -3.29. The fourth-order valence-corrected chi connectivity index (χ4v) is 3.88. The van der Waals surface area contributed by atoms with Gasteiger partial charge in [0.2, 0.25) is 0 Å². The topological polar surface area (TPSA) is 49.4 Å². The highest BCUT2D eigenvalue weighted by molar-refractivity contribution is 7.87. The predicted octanol–water partition coefficient (Wildman–Crippen LogP) is 2.35. The molecule has 4 nitrogen and oxygen atoms in total. The normalized spacial score (nSPS) is 20.6. The first-order valence-electron chi connectivity index (χ1n) is 6.91. The molecule has 0 spiro atoms. The van der Waals surface area contributed by atoms with Gasteiger partial charge in [0.05, 0.1) is 0 Å². The molecule has 0 saturated carbocycles. The van der Waals surface area contributed by atoms with Gasteiger partial charge in [-0.3, -0.25) is 0 Å². The van der Waals surface area contributed by atoms with Gasteiger partial charge in [-0.2, -0.15) is 12.7 Å². The molecule has 1 fully saturated rings. The standard InChI is InChI=1S/C12H25ClN2O2S/c1-2-12(7-8-13)11-14-18(16,17)15-9-5-3-4-6-10-15/h12,14H,2-11H2,1H3. The molecule has 0 aromatic carbocycles. The van der Waals surface area contributed by atoms with E-state index < -0.39 is 10.2 Å². The summed E-state index contributed by atoms with van der Waals surface area (Å²) in [6.45, 7) is 3.88. The Labute approximate surface area is 116 Å². The molecule has 18 heavy (non-hydrogen) atoms. The third-order valence-electron chi connectivity index (χ3n) is 3.55. The molecule has 1 atom stereocenters. The zero-order chi connectivity index (χ0) is 13.4. The second-order valence-corrected chi connectivity index (χ2v) is 7.05. The van der Waals surface area contributed by atoms with Gasteiger partial charge in [0.1, 0.15) is 0 Å². The van der Waals surface area contributed by atoms with Crippen molar-refractivity contribution < 1.29 is 8.42 Å². The van der Waals surface area contributed by atoms with Crippen LogP contribution >= 0.6 is 11.6 Å². The molecule has 1 heterocycles. The Morgan fingerprint density at radius 2 is 1.83 bits per heavy atom.